The lowest BCUT2D eigenvalue weighted by molar-refractivity contribution is -0.384. The van der Waals surface area contributed by atoms with Crippen molar-refractivity contribution in [3.05, 3.63) is 58.1 Å². The number of aryl methyl sites for hydroxylation is 1. The zero-order valence-corrected chi connectivity index (χ0v) is 16.6. The van der Waals surface area contributed by atoms with E-state index in [0.29, 0.717) is 18.2 Å². The summed E-state index contributed by atoms with van der Waals surface area (Å²) >= 11 is 1.05. The van der Waals surface area contributed by atoms with Gasteiger partial charge in [-0.3, -0.25) is 14.9 Å². The molecule has 0 saturated heterocycles. The molecule has 0 fully saturated rings. The number of aromatic nitrogens is 2. The summed E-state index contributed by atoms with van der Waals surface area (Å²) in [5.41, 5.74) is 1.75. The first-order valence-corrected chi connectivity index (χ1v) is 9.69. The Hall–Kier alpha value is -3.40. The minimum atomic E-state index is -0.572. The first-order valence-electron chi connectivity index (χ1n) is 8.70. The molecule has 0 spiro atoms. The molecular formula is C19H18N4O5S. The lowest BCUT2D eigenvalue weighted by Crippen LogP contribution is -2.15. The highest BCUT2D eigenvalue weighted by atomic mass is 32.2. The summed E-state index contributed by atoms with van der Waals surface area (Å²) in [5.74, 6) is 0.244. The van der Waals surface area contributed by atoms with Crippen molar-refractivity contribution in [2.75, 3.05) is 17.7 Å². The van der Waals surface area contributed by atoms with Crippen LogP contribution in [0.4, 0.5) is 11.4 Å². The van der Waals surface area contributed by atoms with Crippen molar-refractivity contribution in [1.82, 2.24) is 10.2 Å². The van der Waals surface area contributed by atoms with Gasteiger partial charge in [-0.1, -0.05) is 29.5 Å². The Balaban J connectivity index is 1.62. The van der Waals surface area contributed by atoms with Crippen LogP contribution in [0.3, 0.4) is 0 Å². The molecule has 0 saturated carbocycles. The maximum Gasteiger partial charge on any atom is 0.296 e. The zero-order chi connectivity index (χ0) is 20.8. The Morgan fingerprint density at radius 3 is 2.69 bits per heavy atom. The van der Waals surface area contributed by atoms with Crippen molar-refractivity contribution in [1.29, 1.82) is 0 Å². The summed E-state index contributed by atoms with van der Waals surface area (Å²) in [6.45, 7) is 4.14. The van der Waals surface area contributed by atoms with Crippen LogP contribution in [0.2, 0.25) is 0 Å². The predicted molar refractivity (Wildman–Crippen MR) is 108 cm³/mol. The smallest absolute Gasteiger partial charge is 0.296 e. The second kappa shape index (κ2) is 9.20. The lowest BCUT2D eigenvalue weighted by atomic mass is 10.1. The molecule has 0 bridgehead atoms. The minimum absolute atomic E-state index is 0.0418. The molecule has 1 heterocycles. The van der Waals surface area contributed by atoms with Gasteiger partial charge in [0.15, 0.2) is 0 Å². The van der Waals surface area contributed by atoms with Gasteiger partial charge in [0, 0.05) is 5.56 Å². The lowest BCUT2D eigenvalue weighted by Gasteiger charge is -2.07. The number of rotatable bonds is 8. The van der Waals surface area contributed by atoms with Gasteiger partial charge < -0.3 is 14.5 Å². The summed E-state index contributed by atoms with van der Waals surface area (Å²) < 4.78 is 10.8. The van der Waals surface area contributed by atoms with Gasteiger partial charge in [0.1, 0.15) is 11.4 Å². The van der Waals surface area contributed by atoms with Crippen molar-refractivity contribution >= 4 is 29.0 Å². The van der Waals surface area contributed by atoms with Crippen LogP contribution < -0.4 is 10.1 Å². The molecular weight excluding hydrogens is 396 g/mol. The van der Waals surface area contributed by atoms with E-state index in [9.17, 15) is 14.9 Å². The molecule has 9 nitrogen and oxygen atoms in total. The molecule has 0 radical (unpaired) electrons. The van der Waals surface area contributed by atoms with E-state index in [-0.39, 0.29) is 22.4 Å². The molecule has 0 aliphatic carbocycles. The molecule has 150 valence electrons. The second-order valence-electron chi connectivity index (χ2n) is 5.95. The normalized spacial score (nSPS) is 10.6. The Labute approximate surface area is 170 Å². The molecule has 3 rings (SSSR count). The van der Waals surface area contributed by atoms with E-state index in [1.807, 2.05) is 31.2 Å². The number of hydrogen-bond acceptors (Lipinski definition) is 8. The highest BCUT2D eigenvalue weighted by Crippen LogP contribution is 2.30. The standard InChI is InChI=1S/C19H18N4O5S/c1-3-27-14-8-9-15(16(10-14)23(25)26)20-17(24)11-29-19-22-21-18(28-19)13-6-4-12(2)5-7-13/h4-10H,3,11H2,1-2H3,(H,20,24). The quantitative estimate of drug-likeness (QED) is 0.332. The summed E-state index contributed by atoms with van der Waals surface area (Å²) in [7, 11) is 0. The average molecular weight is 414 g/mol. The number of amides is 1. The summed E-state index contributed by atoms with van der Waals surface area (Å²) in [6, 6.07) is 11.9. The first-order chi connectivity index (χ1) is 14.0. The minimum Gasteiger partial charge on any atom is -0.494 e. The Morgan fingerprint density at radius 2 is 2.00 bits per heavy atom. The number of nitro benzene ring substituents is 1. The first kappa shape index (κ1) is 20.3. The van der Waals surface area contributed by atoms with Crippen molar-refractivity contribution in [2.24, 2.45) is 0 Å². The van der Waals surface area contributed by atoms with Crippen LogP contribution in [0.15, 0.2) is 52.1 Å². The van der Waals surface area contributed by atoms with Gasteiger partial charge in [0.2, 0.25) is 11.8 Å². The maximum absolute atomic E-state index is 12.2. The van der Waals surface area contributed by atoms with E-state index >= 15 is 0 Å². The number of anilines is 1. The number of nitrogens with one attached hydrogen (secondary N) is 1. The van der Waals surface area contributed by atoms with Crippen LogP contribution >= 0.6 is 11.8 Å². The fraction of sp³-hybridized carbons (Fsp3) is 0.211. The van der Waals surface area contributed by atoms with E-state index in [0.717, 1.165) is 22.9 Å². The van der Waals surface area contributed by atoms with Gasteiger partial charge in [0.05, 0.1) is 23.3 Å². The molecule has 1 aromatic heterocycles. The summed E-state index contributed by atoms with van der Waals surface area (Å²) in [4.78, 5) is 22.9. The van der Waals surface area contributed by atoms with Crippen molar-refractivity contribution in [3.63, 3.8) is 0 Å². The predicted octanol–water partition coefficient (Wildman–Crippen LogP) is 4.08. The van der Waals surface area contributed by atoms with E-state index in [2.05, 4.69) is 15.5 Å². The molecule has 0 atom stereocenters. The second-order valence-corrected chi connectivity index (χ2v) is 6.87. The Morgan fingerprint density at radius 1 is 1.24 bits per heavy atom. The van der Waals surface area contributed by atoms with Gasteiger partial charge >= 0.3 is 0 Å². The zero-order valence-electron chi connectivity index (χ0n) is 15.7. The number of benzene rings is 2. The number of carbonyl (C=O) groups excluding carboxylic acids is 1. The number of thioether (sulfide) groups is 1. The number of carbonyl (C=O) groups is 1. The van der Waals surface area contributed by atoms with Crippen LogP contribution in [0, 0.1) is 17.0 Å². The van der Waals surface area contributed by atoms with Crippen LogP contribution in [-0.2, 0) is 4.79 Å². The van der Waals surface area contributed by atoms with Gasteiger partial charge in [-0.05, 0) is 38.1 Å². The molecule has 0 aliphatic rings. The van der Waals surface area contributed by atoms with E-state index in [1.165, 1.54) is 12.1 Å². The molecule has 10 heteroatoms. The highest BCUT2D eigenvalue weighted by Gasteiger charge is 2.18. The largest absolute Gasteiger partial charge is 0.494 e. The van der Waals surface area contributed by atoms with Gasteiger partial charge in [-0.2, -0.15) is 0 Å². The van der Waals surface area contributed by atoms with Gasteiger partial charge in [-0.25, -0.2) is 0 Å². The van der Waals surface area contributed by atoms with Crippen LogP contribution in [0.1, 0.15) is 12.5 Å². The molecule has 3 aromatic rings. The number of nitro groups is 1. The summed E-state index contributed by atoms with van der Waals surface area (Å²) in [5, 5.41) is 21.9. The fourth-order valence-corrected chi connectivity index (χ4v) is 2.98. The number of ether oxygens (including phenoxy) is 1. The van der Waals surface area contributed by atoms with Crippen molar-refractivity contribution in [3.8, 4) is 17.2 Å². The molecule has 2 aromatic carbocycles. The van der Waals surface area contributed by atoms with Crippen LogP contribution in [-0.4, -0.2) is 33.4 Å². The van der Waals surface area contributed by atoms with Crippen molar-refractivity contribution in [2.45, 2.75) is 19.1 Å². The third-order valence-corrected chi connectivity index (χ3v) is 4.60. The molecule has 1 N–H and O–H groups in total. The number of hydrogen-bond donors (Lipinski definition) is 1. The van der Waals surface area contributed by atoms with E-state index < -0.39 is 10.8 Å². The van der Waals surface area contributed by atoms with Crippen molar-refractivity contribution < 1.29 is 18.9 Å². The molecule has 1 amide bonds. The Bertz CT molecular complexity index is 1020. The number of nitrogens with zero attached hydrogens (tertiary/aromatic N) is 3. The monoisotopic (exact) mass is 414 g/mol. The van der Waals surface area contributed by atoms with Crippen LogP contribution in [0.5, 0.6) is 5.75 Å². The average Bonchev–Trinajstić information content (AvgIpc) is 3.17. The Kier molecular flexibility index (Phi) is 6.45. The summed E-state index contributed by atoms with van der Waals surface area (Å²) in [6.07, 6.45) is 0. The third kappa shape index (κ3) is 5.32. The van der Waals surface area contributed by atoms with Gasteiger partial charge in [0.25, 0.3) is 10.9 Å². The van der Waals surface area contributed by atoms with Gasteiger partial charge in [-0.15, -0.1) is 10.2 Å². The topological polar surface area (TPSA) is 120 Å². The molecule has 0 aliphatic heterocycles. The molecule has 29 heavy (non-hydrogen) atoms. The maximum atomic E-state index is 12.2. The fourth-order valence-electron chi connectivity index (χ4n) is 2.42. The molecule has 0 unspecified atom stereocenters. The van der Waals surface area contributed by atoms with Crippen LogP contribution in [0.25, 0.3) is 11.5 Å². The highest BCUT2D eigenvalue weighted by molar-refractivity contribution is 7.99. The van der Waals surface area contributed by atoms with E-state index in [1.54, 1.807) is 13.0 Å². The van der Waals surface area contributed by atoms with E-state index in [4.69, 9.17) is 9.15 Å². The SMILES string of the molecule is CCOc1ccc(NC(=O)CSc2nnc(-c3ccc(C)cc3)o2)c([N+](=O)[O-])c1. The third-order valence-electron chi connectivity index (χ3n) is 3.78.